The van der Waals surface area contributed by atoms with Crippen LogP contribution in [-0.4, -0.2) is 5.78 Å². The molecule has 0 N–H and O–H groups in total. The Labute approximate surface area is 114 Å². The van der Waals surface area contributed by atoms with Crippen molar-refractivity contribution in [1.82, 2.24) is 0 Å². The molecule has 0 unspecified atom stereocenters. The van der Waals surface area contributed by atoms with Crippen LogP contribution in [0.25, 0.3) is 0 Å². The zero-order valence-corrected chi connectivity index (χ0v) is 11.4. The topological polar surface area (TPSA) is 17.1 Å². The number of Topliss-reactive ketones (excluding diaryl/α,β-unsaturated/α-hetero) is 1. The molecule has 0 amide bonds. The lowest BCUT2D eigenvalue weighted by molar-refractivity contribution is 0.0995. The standard InChI is InChI=1S/C14H12ClFOS/c1-2-11-4-6-14(18-11)13(17)8-9-7-10(15)3-5-12(9)16/h3-7H,2,8H2,1H3. The first-order chi connectivity index (χ1) is 8.60. The van der Waals surface area contributed by atoms with Gasteiger partial charge in [0.1, 0.15) is 5.82 Å². The number of rotatable bonds is 4. The number of carbonyl (C=O) groups is 1. The van der Waals surface area contributed by atoms with E-state index < -0.39 is 0 Å². The van der Waals surface area contributed by atoms with Crippen molar-refractivity contribution in [1.29, 1.82) is 0 Å². The molecule has 2 aromatic rings. The molecule has 0 atom stereocenters. The molecular formula is C14H12ClFOS. The Morgan fingerprint density at radius 2 is 2.11 bits per heavy atom. The van der Waals surface area contributed by atoms with Crippen molar-refractivity contribution in [3.05, 3.63) is 56.5 Å². The largest absolute Gasteiger partial charge is 0.293 e. The van der Waals surface area contributed by atoms with E-state index in [0.717, 1.165) is 11.3 Å². The van der Waals surface area contributed by atoms with Gasteiger partial charge in [0, 0.05) is 16.3 Å². The number of carbonyl (C=O) groups excluding carboxylic acids is 1. The third-order valence-corrected chi connectivity index (χ3v) is 4.15. The van der Waals surface area contributed by atoms with E-state index >= 15 is 0 Å². The summed E-state index contributed by atoms with van der Waals surface area (Å²) in [6, 6.07) is 8.01. The van der Waals surface area contributed by atoms with E-state index in [0.29, 0.717) is 15.5 Å². The molecule has 4 heteroatoms. The van der Waals surface area contributed by atoms with Crippen LogP contribution in [-0.2, 0) is 12.8 Å². The number of hydrogen-bond donors (Lipinski definition) is 0. The monoisotopic (exact) mass is 282 g/mol. The fourth-order valence-electron chi connectivity index (χ4n) is 1.66. The van der Waals surface area contributed by atoms with E-state index in [2.05, 4.69) is 0 Å². The number of thiophene rings is 1. The van der Waals surface area contributed by atoms with Gasteiger partial charge in [-0.3, -0.25) is 4.79 Å². The van der Waals surface area contributed by atoms with Crippen LogP contribution in [0.2, 0.25) is 5.02 Å². The van der Waals surface area contributed by atoms with Gasteiger partial charge < -0.3 is 0 Å². The summed E-state index contributed by atoms with van der Waals surface area (Å²) in [5.41, 5.74) is 0.346. The average Bonchev–Trinajstić information content (AvgIpc) is 2.82. The molecule has 0 saturated heterocycles. The second-order valence-corrected chi connectivity index (χ2v) is 5.56. The SMILES string of the molecule is CCc1ccc(C(=O)Cc2cc(Cl)ccc2F)s1. The number of halogens is 2. The van der Waals surface area contributed by atoms with Crippen molar-refractivity contribution in [3.8, 4) is 0 Å². The molecule has 0 aliphatic heterocycles. The predicted octanol–water partition coefficient (Wildman–Crippen LogP) is 4.53. The lowest BCUT2D eigenvalue weighted by Gasteiger charge is -2.02. The number of benzene rings is 1. The molecule has 1 aromatic heterocycles. The minimum atomic E-state index is -0.389. The fraction of sp³-hybridized carbons (Fsp3) is 0.214. The van der Waals surface area contributed by atoms with E-state index in [1.807, 2.05) is 13.0 Å². The van der Waals surface area contributed by atoms with Crippen molar-refractivity contribution >= 4 is 28.7 Å². The molecule has 1 heterocycles. The van der Waals surface area contributed by atoms with Crippen LogP contribution in [0.1, 0.15) is 27.0 Å². The van der Waals surface area contributed by atoms with Gasteiger partial charge in [0.05, 0.1) is 4.88 Å². The third-order valence-electron chi connectivity index (χ3n) is 2.64. The van der Waals surface area contributed by atoms with Gasteiger partial charge >= 0.3 is 0 Å². The van der Waals surface area contributed by atoms with Crippen molar-refractivity contribution < 1.29 is 9.18 Å². The van der Waals surface area contributed by atoms with Crippen molar-refractivity contribution in [2.75, 3.05) is 0 Å². The summed E-state index contributed by atoms with van der Waals surface area (Å²) in [6.07, 6.45) is 0.958. The first kappa shape index (κ1) is 13.2. The Bertz CT molecular complexity index is 577. The molecule has 18 heavy (non-hydrogen) atoms. The van der Waals surface area contributed by atoms with Gasteiger partial charge in [-0.15, -0.1) is 11.3 Å². The highest BCUT2D eigenvalue weighted by atomic mass is 35.5. The van der Waals surface area contributed by atoms with Gasteiger partial charge in [0.15, 0.2) is 5.78 Å². The molecule has 1 nitrogen and oxygen atoms in total. The Kier molecular flexibility index (Phi) is 4.15. The molecule has 1 aromatic carbocycles. The van der Waals surface area contributed by atoms with Crippen LogP contribution in [0, 0.1) is 5.82 Å². The molecule has 0 aliphatic rings. The Morgan fingerprint density at radius 3 is 2.78 bits per heavy atom. The molecule has 94 valence electrons. The first-order valence-electron chi connectivity index (χ1n) is 5.66. The van der Waals surface area contributed by atoms with Crippen LogP contribution >= 0.6 is 22.9 Å². The van der Waals surface area contributed by atoms with Gasteiger partial charge in [0.25, 0.3) is 0 Å². The maximum absolute atomic E-state index is 13.5. The molecule has 0 aliphatic carbocycles. The Balaban J connectivity index is 2.18. The average molecular weight is 283 g/mol. The summed E-state index contributed by atoms with van der Waals surface area (Å²) >= 11 is 7.26. The molecule has 0 fully saturated rings. The minimum absolute atomic E-state index is 0.0516. The van der Waals surface area contributed by atoms with E-state index in [1.165, 1.54) is 29.5 Å². The summed E-state index contributed by atoms with van der Waals surface area (Å²) in [5, 5.41) is 0.444. The Morgan fingerprint density at radius 1 is 1.33 bits per heavy atom. The highest BCUT2D eigenvalue weighted by Crippen LogP contribution is 2.21. The van der Waals surface area contributed by atoms with Crippen molar-refractivity contribution in [2.45, 2.75) is 19.8 Å². The zero-order valence-electron chi connectivity index (χ0n) is 9.87. The second-order valence-electron chi connectivity index (χ2n) is 3.96. The molecular weight excluding hydrogens is 271 g/mol. The van der Waals surface area contributed by atoms with Crippen molar-refractivity contribution in [2.24, 2.45) is 0 Å². The maximum atomic E-state index is 13.5. The van der Waals surface area contributed by atoms with Crippen molar-refractivity contribution in [3.63, 3.8) is 0 Å². The van der Waals surface area contributed by atoms with Gasteiger partial charge in [-0.05, 0) is 42.3 Å². The highest BCUT2D eigenvalue weighted by molar-refractivity contribution is 7.14. The molecule has 0 saturated carbocycles. The Hall–Kier alpha value is -1.19. The molecule has 2 rings (SSSR count). The summed E-state index contributed by atoms with van der Waals surface area (Å²) < 4.78 is 13.5. The van der Waals surface area contributed by atoms with Crippen LogP contribution in [0.4, 0.5) is 4.39 Å². The summed E-state index contributed by atoms with van der Waals surface area (Å²) in [4.78, 5) is 13.8. The van der Waals surface area contributed by atoms with Gasteiger partial charge in [0.2, 0.25) is 0 Å². The molecule has 0 radical (unpaired) electrons. The number of hydrogen-bond acceptors (Lipinski definition) is 2. The van der Waals surface area contributed by atoms with Gasteiger partial charge in [-0.2, -0.15) is 0 Å². The first-order valence-corrected chi connectivity index (χ1v) is 6.85. The second kappa shape index (κ2) is 5.63. The maximum Gasteiger partial charge on any atom is 0.177 e. The van der Waals surface area contributed by atoms with E-state index in [9.17, 15) is 9.18 Å². The lowest BCUT2D eigenvalue weighted by atomic mass is 10.1. The van der Waals surface area contributed by atoms with Crippen LogP contribution < -0.4 is 0 Å². The van der Waals surface area contributed by atoms with Crippen LogP contribution in [0.3, 0.4) is 0 Å². The normalized spacial score (nSPS) is 10.6. The van der Waals surface area contributed by atoms with Gasteiger partial charge in [-0.1, -0.05) is 18.5 Å². The highest BCUT2D eigenvalue weighted by Gasteiger charge is 2.13. The third kappa shape index (κ3) is 2.98. The summed E-state index contributed by atoms with van der Waals surface area (Å²) in [6.45, 7) is 2.04. The lowest BCUT2D eigenvalue weighted by Crippen LogP contribution is -2.03. The minimum Gasteiger partial charge on any atom is -0.293 e. The quantitative estimate of drug-likeness (QED) is 0.753. The zero-order chi connectivity index (χ0) is 13.1. The smallest absolute Gasteiger partial charge is 0.177 e. The van der Waals surface area contributed by atoms with Gasteiger partial charge in [-0.25, -0.2) is 4.39 Å². The fourth-order valence-corrected chi connectivity index (χ4v) is 2.74. The number of aryl methyl sites for hydroxylation is 1. The summed E-state index contributed by atoms with van der Waals surface area (Å²) in [5.74, 6) is -0.458. The van der Waals surface area contributed by atoms with Crippen LogP contribution in [0.15, 0.2) is 30.3 Å². The molecule has 0 bridgehead atoms. The molecule has 0 spiro atoms. The van der Waals surface area contributed by atoms with E-state index in [4.69, 9.17) is 11.6 Å². The van der Waals surface area contributed by atoms with E-state index in [-0.39, 0.29) is 18.0 Å². The number of ketones is 1. The summed E-state index contributed by atoms with van der Waals surface area (Å²) in [7, 11) is 0. The van der Waals surface area contributed by atoms with Crippen LogP contribution in [0.5, 0.6) is 0 Å². The predicted molar refractivity (Wildman–Crippen MR) is 73.1 cm³/mol. The van der Waals surface area contributed by atoms with E-state index in [1.54, 1.807) is 6.07 Å².